The van der Waals surface area contributed by atoms with Crippen LogP contribution in [-0.2, 0) is 9.84 Å². The van der Waals surface area contributed by atoms with Gasteiger partial charge in [0.25, 0.3) is 0 Å². The van der Waals surface area contributed by atoms with Gasteiger partial charge in [-0.25, -0.2) is 13.4 Å². The maximum Gasteiger partial charge on any atom is 0.179 e. The van der Waals surface area contributed by atoms with E-state index in [9.17, 15) is 8.42 Å². The minimum Gasteiger partial charge on any atom is -0.367 e. The summed E-state index contributed by atoms with van der Waals surface area (Å²) in [6.07, 6.45) is 6.50. The molecule has 1 atom stereocenters. The molecule has 1 aromatic rings. The average Bonchev–Trinajstić information content (AvgIpc) is 3.00. The summed E-state index contributed by atoms with van der Waals surface area (Å²) < 4.78 is 23.2. The number of hydrogen-bond donors (Lipinski definition) is 1. The van der Waals surface area contributed by atoms with Crippen molar-refractivity contribution in [2.75, 3.05) is 11.6 Å². The van der Waals surface area contributed by atoms with E-state index in [-0.39, 0.29) is 10.9 Å². The van der Waals surface area contributed by atoms with Gasteiger partial charge >= 0.3 is 0 Å². The topological polar surface area (TPSA) is 59.1 Å². The Hall–Kier alpha value is -1.10. The first-order valence-corrected chi connectivity index (χ1v) is 7.77. The van der Waals surface area contributed by atoms with Gasteiger partial charge in [0.15, 0.2) is 9.84 Å². The van der Waals surface area contributed by atoms with Gasteiger partial charge < -0.3 is 5.32 Å². The molecule has 0 bridgehead atoms. The van der Waals surface area contributed by atoms with Gasteiger partial charge in [0.05, 0.1) is 0 Å². The summed E-state index contributed by atoms with van der Waals surface area (Å²) in [6, 6.07) is 3.50. The zero-order chi connectivity index (χ0) is 12.5. The van der Waals surface area contributed by atoms with Gasteiger partial charge in [0.1, 0.15) is 10.7 Å². The fourth-order valence-corrected chi connectivity index (χ4v) is 2.73. The van der Waals surface area contributed by atoms with Crippen molar-refractivity contribution in [2.24, 2.45) is 5.92 Å². The summed E-state index contributed by atoms with van der Waals surface area (Å²) in [7, 11) is -3.22. The largest absolute Gasteiger partial charge is 0.367 e. The molecule has 5 heteroatoms. The van der Waals surface area contributed by atoms with Crippen molar-refractivity contribution in [3.8, 4) is 0 Å². The number of anilines is 1. The van der Waals surface area contributed by atoms with E-state index in [1.54, 1.807) is 18.3 Å². The van der Waals surface area contributed by atoms with E-state index < -0.39 is 9.84 Å². The van der Waals surface area contributed by atoms with Crippen LogP contribution < -0.4 is 5.32 Å². The normalized spacial score (nSPS) is 17.8. The highest BCUT2D eigenvalue weighted by Crippen LogP contribution is 2.34. The van der Waals surface area contributed by atoms with E-state index >= 15 is 0 Å². The summed E-state index contributed by atoms with van der Waals surface area (Å²) in [5.74, 6) is 1.28. The Morgan fingerprint density at radius 3 is 2.82 bits per heavy atom. The maximum absolute atomic E-state index is 11.6. The number of nitrogens with zero attached hydrogens (tertiary/aromatic N) is 1. The number of pyridine rings is 1. The van der Waals surface area contributed by atoms with Crippen molar-refractivity contribution in [1.29, 1.82) is 0 Å². The van der Waals surface area contributed by atoms with E-state index in [1.165, 1.54) is 19.1 Å². The SMILES string of the molecule is CC(CC1CC1)Nc1ncccc1S(C)(=O)=O. The van der Waals surface area contributed by atoms with Crippen LogP contribution in [0.4, 0.5) is 5.82 Å². The molecule has 1 heterocycles. The van der Waals surface area contributed by atoms with Crippen LogP contribution in [0.1, 0.15) is 26.2 Å². The fourth-order valence-electron chi connectivity index (χ4n) is 1.94. The molecule has 0 aliphatic heterocycles. The van der Waals surface area contributed by atoms with Gasteiger partial charge in [0.2, 0.25) is 0 Å². The monoisotopic (exact) mass is 254 g/mol. The molecule has 1 saturated carbocycles. The first-order chi connectivity index (χ1) is 7.97. The maximum atomic E-state index is 11.6. The zero-order valence-corrected chi connectivity index (χ0v) is 11.0. The van der Waals surface area contributed by atoms with Crippen molar-refractivity contribution in [1.82, 2.24) is 4.98 Å². The van der Waals surface area contributed by atoms with Crippen molar-refractivity contribution >= 4 is 15.7 Å². The van der Waals surface area contributed by atoms with Gasteiger partial charge in [-0.05, 0) is 31.4 Å². The Bertz CT molecular complexity index is 495. The van der Waals surface area contributed by atoms with E-state index in [0.29, 0.717) is 5.82 Å². The molecular formula is C12H18N2O2S. The van der Waals surface area contributed by atoms with Crippen LogP contribution in [-0.4, -0.2) is 25.7 Å². The molecular weight excluding hydrogens is 236 g/mol. The standard InChI is InChI=1S/C12H18N2O2S/c1-9(8-10-5-6-10)14-12-11(17(2,15)16)4-3-7-13-12/h3-4,7,9-10H,5-6,8H2,1-2H3,(H,13,14). The predicted octanol–water partition coefficient (Wildman–Crippen LogP) is 2.09. The fraction of sp³-hybridized carbons (Fsp3) is 0.583. The van der Waals surface area contributed by atoms with Crippen LogP contribution in [0.25, 0.3) is 0 Å². The Balaban J connectivity index is 2.14. The second-order valence-corrected chi connectivity index (χ2v) is 6.83. The second kappa shape index (κ2) is 4.64. The second-order valence-electron chi connectivity index (χ2n) is 4.85. The first-order valence-electron chi connectivity index (χ1n) is 5.88. The molecule has 1 fully saturated rings. The van der Waals surface area contributed by atoms with Crippen molar-refractivity contribution in [3.05, 3.63) is 18.3 Å². The number of nitrogens with one attached hydrogen (secondary N) is 1. The third kappa shape index (κ3) is 3.43. The van der Waals surface area contributed by atoms with Gasteiger partial charge in [-0.2, -0.15) is 0 Å². The van der Waals surface area contributed by atoms with Crippen LogP contribution in [0, 0.1) is 5.92 Å². The molecule has 1 unspecified atom stereocenters. The number of aromatic nitrogens is 1. The number of hydrogen-bond acceptors (Lipinski definition) is 4. The highest BCUT2D eigenvalue weighted by atomic mass is 32.2. The highest BCUT2D eigenvalue weighted by Gasteiger charge is 2.24. The molecule has 0 amide bonds. The molecule has 1 aliphatic carbocycles. The Kier molecular flexibility index (Phi) is 3.38. The number of sulfone groups is 1. The molecule has 94 valence electrons. The number of rotatable bonds is 5. The summed E-state index contributed by atoms with van der Waals surface area (Å²) in [5.41, 5.74) is 0. The third-order valence-corrected chi connectivity index (χ3v) is 4.07. The molecule has 1 aliphatic rings. The molecule has 17 heavy (non-hydrogen) atoms. The summed E-state index contributed by atoms with van der Waals surface area (Å²) >= 11 is 0. The first kappa shape index (κ1) is 12.4. The summed E-state index contributed by atoms with van der Waals surface area (Å²) in [4.78, 5) is 4.40. The lowest BCUT2D eigenvalue weighted by Gasteiger charge is -2.15. The Labute approximate surface area is 102 Å². The highest BCUT2D eigenvalue weighted by molar-refractivity contribution is 7.90. The Morgan fingerprint density at radius 1 is 1.53 bits per heavy atom. The molecule has 0 radical (unpaired) electrons. The van der Waals surface area contributed by atoms with Crippen LogP contribution in [0.3, 0.4) is 0 Å². The van der Waals surface area contributed by atoms with Crippen molar-refractivity contribution in [2.45, 2.75) is 37.1 Å². The van der Waals surface area contributed by atoms with Gasteiger partial charge in [-0.3, -0.25) is 0 Å². The van der Waals surface area contributed by atoms with Gasteiger partial charge in [0, 0.05) is 18.5 Å². The van der Waals surface area contributed by atoms with E-state index in [2.05, 4.69) is 17.2 Å². The van der Waals surface area contributed by atoms with Crippen molar-refractivity contribution < 1.29 is 8.42 Å². The van der Waals surface area contributed by atoms with Crippen molar-refractivity contribution in [3.63, 3.8) is 0 Å². The van der Waals surface area contributed by atoms with Crippen LogP contribution in [0.15, 0.2) is 23.2 Å². The third-order valence-electron chi connectivity index (χ3n) is 2.94. The minimum atomic E-state index is -3.22. The molecule has 0 aromatic carbocycles. The van der Waals surface area contributed by atoms with E-state index in [0.717, 1.165) is 12.3 Å². The molecule has 0 saturated heterocycles. The van der Waals surface area contributed by atoms with Crippen LogP contribution in [0.2, 0.25) is 0 Å². The predicted molar refractivity (Wildman–Crippen MR) is 67.8 cm³/mol. The smallest absolute Gasteiger partial charge is 0.179 e. The molecule has 2 rings (SSSR count). The van der Waals surface area contributed by atoms with Crippen LogP contribution >= 0.6 is 0 Å². The summed E-state index contributed by atoms with van der Waals surface area (Å²) in [6.45, 7) is 2.07. The lowest BCUT2D eigenvalue weighted by molar-refractivity contribution is 0.600. The zero-order valence-electron chi connectivity index (χ0n) is 10.2. The lowest BCUT2D eigenvalue weighted by atomic mass is 10.1. The minimum absolute atomic E-state index is 0.262. The van der Waals surface area contributed by atoms with Gasteiger partial charge in [-0.15, -0.1) is 0 Å². The Morgan fingerprint density at radius 2 is 2.24 bits per heavy atom. The summed E-state index contributed by atoms with van der Waals surface area (Å²) in [5, 5.41) is 3.20. The molecule has 0 spiro atoms. The van der Waals surface area contributed by atoms with Crippen LogP contribution in [0.5, 0.6) is 0 Å². The van der Waals surface area contributed by atoms with Gasteiger partial charge in [-0.1, -0.05) is 12.8 Å². The molecule has 1 N–H and O–H groups in total. The van der Waals surface area contributed by atoms with E-state index in [4.69, 9.17) is 0 Å². The average molecular weight is 254 g/mol. The molecule has 4 nitrogen and oxygen atoms in total. The van der Waals surface area contributed by atoms with E-state index in [1.807, 2.05) is 0 Å². The quantitative estimate of drug-likeness (QED) is 0.874. The lowest BCUT2D eigenvalue weighted by Crippen LogP contribution is -2.18. The molecule has 1 aromatic heterocycles.